The predicted molar refractivity (Wildman–Crippen MR) is 72.5 cm³/mol. The molecule has 1 heteroatoms. The molecule has 0 saturated heterocycles. The Morgan fingerprint density at radius 1 is 0.941 bits per heavy atom. The van der Waals surface area contributed by atoms with Crippen molar-refractivity contribution in [3.05, 3.63) is 53.6 Å². The summed E-state index contributed by atoms with van der Waals surface area (Å²) < 4.78 is 5.17. The molecule has 0 N–H and O–H groups in total. The van der Waals surface area contributed by atoms with Crippen LogP contribution in [0, 0.1) is 6.92 Å². The van der Waals surface area contributed by atoms with E-state index in [9.17, 15) is 0 Å². The van der Waals surface area contributed by atoms with Crippen molar-refractivity contribution in [1.82, 2.24) is 0 Å². The highest BCUT2D eigenvalue weighted by Gasteiger charge is 2.01. The largest absolute Gasteiger partial charge is 0.497 e. The molecule has 88 valence electrons. The summed E-state index contributed by atoms with van der Waals surface area (Å²) in [6.45, 7) is 4.36. The van der Waals surface area contributed by atoms with Crippen LogP contribution in [0.15, 0.2) is 42.5 Å². The van der Waals surface area contributed by atoms with E-state index in [1.165, 1.54) is 22.3 Å². The molecule has 0 aromatic heterocycles. The van der Waals surface area contributed by atoms with Crippen LogP contribution >= 0.6 is 0 Å². The fourth-order valence-corrected chi connectivity index (χ4v) is 2.02. The molecule has 2 aromatic rings. The lowest BCUT2D eigenvalue weighted by atomic mass is 9.98. The second kappa shape index (κ2) is 5.05. The van der Waals surface area contributed by atoms with Crippen molar-refractivity contribution in [3.8, 4) is 16.9 Å². The van der Waals surface area contributed by atoms with Crippen molar-refractivity contribution in [2.24, 2.45) is 0 Å². The minimum atomic E-state index is 0.900. The Bertz CT molecular complexity index is 497. The summed E-state index contributed by atoms with van der Waals surface area (Å²) in [4.78, 5) is 0. The lowest BCUT2D eigenvalue weighted by Crippen LogP contribution is -1.88. The average molecular weight is 226 g/mol. The minimum absolute atomic E-state index is 0.900. The highest BCUT2D eigenvalue weighted by molar-refractivity contribution is 5.65. The first kappa shape index (κ1) is 11.7. The second-order valence-corrected chi connectivity index (χ2v) is 4.22. The van der Waals surface area contributed by atoms with Gasteiger partial charge in [-0.1, -0.05) is 37.3 Å². The van der Waals surface area contributed by atoms with Gasteiger partial charge in [0.15, 0.2) is 0 Å². The van der Waals surface area contributed by atoms with Crippen LogP contribution in [0.3, 0.4) is 0 Å². The molecule has 0 fully saturated rings. The number of aryl methyl sites for hydroxylation is 2. The molecule has 0 spiro atoms. The van der Waals surface area contributed by atoms with Gasteiger partial charge in [-0.25, -0.2) is 0 Å². The van der Waals surface area contributed by atoms with Gasteiger partial charge in [0.2, 0.25) is 0 Å². The summed E-state index contributed by atoms with van der Waals surface area (Å²) in [7, 11) is 1.69. The fourth-order valence-electron chi connectivity index (χ4n) is 2.02. The smallest absolute Gasteiger partial charge is 0.118 e. The van der Waals surface area contributed by atoms with Crippen LogP contribution in [0.4, 0.5) is 0 Å². The fraction of sp³-hybridized carbons (Fsp3) is 0.250. The quantitative estimate of drug-likeness (QED) is 0.761. The van der Waals surface area contributed by atoms with Crippen molar-refractivity contribution in [1.29, 1.82) is 0 Å². The highest BCUT2D eigenvalue weighted by Crippen LogP contribution is 2.24. The van der Waals surface area contributed by atoms with Gasteiger partial charge in [-0.15, -0.1) is 0 Å². The van der Waals surface area contributed by atoms with Gasteiger partial charge in [0.05, 0.1) is 7.11 Å². The predicted octanol–water partition coefficient (Wildman–Crippen LogP) is 4.23. The van der Waals surface area contributed by atoms with Gasteiger partial charge in [-0.2, -0.15) is 0 Å². The van der Waals surface area contributed by atoms with E-state index in [0.29, 0.717) is 0 Å². The number of methoxy groups -OCH3 is 1. The molecule has 0 atom stereocenters. The molecule has 2 aromatic carbocycles. The minimum Gasteiger partial charge on any atom is -0.497 e. The molecule has 0 radical (unpaired) electrons. The van der Waals surface area contributed by atoms with Crippen LogP contribution in [0.25, 0.3) is 11.1 Å². The summed E-state index contributed by atoms with van der Waals surface area (Å²) in [5.74, 6) is 0.900. The van der Waals surface area contributed by atoms with Crippen molar-refractivity contribution in [3.63, 3.8) is 0 Å². The maximum absolute atomic E-state index is 5.17. The molecule has 17 heavy (non-hydrogen) atoms. The van der Waals surface area contributed by atoms with E-state index in [4.69, 9.17) is 4.74 Å². The number of rotatable bonds is 3. The molecule has 0 saturated carbocycles. The second-order valence-electron chi connectivity index (χ2n) is 4.22. The van der Waals surface area contributed by atoms with E-state index in [1.54, 1.807) is 7.11 Å². The van der Waals surface area contributed by atoms with Gasteiger partial charge in [-0.3, -0.25) is 0 Å². The van der Waals surface area contributed by atoms with Crippen LogP contribution in [-0.4, -0.2) is 7.11 Å². The molecule has 0 aliphatic rings. The van der Waals surface area contributed by atoms with Crippen LogP contribution in [-0.2, 0) is 6.42 Å². The SMILES string of the molecule is CCc1cc(-c2ccc(OC)cc2)ccc1C. The Labute approximate surface area is 103 Å². The molecule has 0 unspecified atom stereocenters. The van der Waals surface area contributed by atoms with Gasteiger partial charge in [0.1, 0.15) is 5.75 Å². The number of hydrogen-bond acceptors (Lipinski definition) is 1. The zero-order valence-corrected chi connectivity index (χ0v) is 10.7. The first-order chi connectivity index (χ1) is 8.24. The first-order valence-electron chi connectivity index (χ1n) is 5.98. The Balaban J connectivity index is 2.38. The normalized spacial score (nSPS) is 10.3. The maximum Gasteiger partial charge on any atom is 0.118 e. The van der Waals surface area contributed by atoms with Crippen molar-refractivity contribution >= 4 is 0 Å². The third-order valence-corrected chi connectivity index (χ3v) is 3.15. The van der Waals surface area contributed by atoms with Gasteiger partial charge >= 0.3 is 0 Å². The highest BCUT2D eigenvalue weighted by atomic mass is 16.5. The number of ether oxygens (including phenoxy) is 1. The Kier molecular flexibility index (Phi) is 3.48. The molecular weight excluding hydrogens is 208 g/mol. The molecular formula is C16H18O. The van der Waals surface area contributed by atoms with E-state index in [0.717, 1.165) is 12.2 Å². The summed E-state index contributed by atoms with van der Waals surface area (Å²) >= 11 is 0. The molecule has 0 bridgehead atoms. The molecule has 0 amide bonds. The van der Waals surface area contributed by atoms with E-state index in [2.05, 4.69) is 44.2 Å². The topological polar surface area (TPSA) is 9.23 Å². The summed E-state index contributed by atoms with van der Waals surface area (Å²) in [6.07, 6.45) is 1.08. The molecule has 0 heterocycles. The summed E-state index contributed by atoms with van der Waals surface area (Å²) in [5.41, 5.74) is 5.29. The Morgan fingerprint density at radius 2 is 1.59 bits per heavy atom. The van der Waals surface area contributed by atoms with Crippen molar-refractivity contribution in [2.45, 2.75) is 20.3 Å². The maximum atomic E-state index is 5.17. The van der Waals surface area contributed by atoms with E-state index in [1.807, 2.05) is 12.1 Å². The van der Waals surface area contributed by atoms with Crippen molar-refractivity contribution < 1.29 is 4.74 Å². The van der Waals surface area contributed by atoms with Crippen LogP contribution in [0.5, 0.6) is 5.75 Å². The number of hydrogen-bond donors (Lipinski definition) is 0. The molecule has 2 rings (SSSR count). The third-order valence-electron chi connectivity index (χ3n) is 3.15. The van der Waals surface area contributed by atoms with Gasteiger partial charge < -0.3 is 4.74 Å². The van der Waals surface area contributed by atoms with Crippen LogP contribution < -0.4 is 4.74 Å². The van der Waals surface area contributed by atoms with Crippen LogP contribution in [0.1, 0.15) is 18.1 Å². The molecule has 0 aliphatic carbocycles. The zero-order chi connectivity index (χ0) is 12.3. The number of benzene rings is 2. The van der Waals surface area contributed by atoms with E-state index in [-0.39, 0.29) is 0 Å². The van der Waals surface area contributed by atoms with Crippen molar-refractivity contribution in [2.75, 3.05) is 7.11 Å². The average Bonchev–Trinajstić information content (AvgIpc) is 2.39. The van der Waals surface area contributed by atoms with Gasteiger partial charge in [0, 0.05) is 0 Å². The standard InChI is InChI=1S/C16H18O/c1-4-13-11-15(6-5-12(13)2)14-7-9-16(17-3)10-8-14/h5-11H,4H2,1-3H3. The molecule has 1 nitrogen and oxygen atoms in total. The Hall–Kier alpha value is -1.76. The third kappa shape index (κ3) is 2.50. The van der Waals surface area contributed by atoms with E-state index >= 15 is 0 Å². The summed E-state index contributed by atoms with van der Waals surface area (Å²) in [5, 5.41) is 0. The Morgan fingerprint density at radius 3 is 2.18 bits per heavy atom. The lowest BCUT2D eigenvalue weighted by molar-refractivity contribution is 0.415. The first-order valence-corrected chi connectivity index (χ1v) is 5.98. The van der Waals surface area contributed by atoms with E-state index < -0.39 is 0 Å². The summed E-state index contributed by atoms with van der Waals surface area (Å²) in [6, 6.07) is 14.8. The zero-order valence-electron chi connectivity index (χ0n) is 10.7. The van der Waals surface area contributed by atoms with Gasteiger partial charge in [0.25, 0.3) is 0 Å². The lowest BCUT2D eigenvalue weighted by Gasteiger charge is -2.08. The van der Waals surface area contributed by atoms with Gasteiger partial charge in [-0.05, 0) is 47.7 Å². The monoisotopic (exact) mass is 226 g/mol. The molecule has 0 aliphatic heterocycles. The van der Waals surface area contributed by atoms with Crippen LogP contribution in [0.2, 0.25) is 0 Å².